The van der Waals surface area contributed by atoms with E-state index in [4.69, 9.17) is 32.7 Å². The zero-order chi connectivity index (χ0) is 24.0. The molecule has 2 aromatic carbocycles. The van der Waals surface area contributed by atoms with Gasteiger partial charge in [-0.25, -0.2) is 0 Å². The number of nitrogens with one attached hydrogen (secondary N) is 1. The number of likely N-dealkylation sites (tertiary alicyclic amines) is 1. The van der Waals surface area contributed by atoms with E-state index in [2.05, 4.69) is 10.2 Å². The predicted octanol–water partition coefficient (Wildman–Crippen LogP) is 6.50. The zero-order valence-electron chi connectivity index (χ0n) is 19.9. The van der Waals surface area contributed by atoms with Crippen LogP contribution in [0.1, 0.15) is 67.3 Å². The fourth-order valence-electron chi connectivity index (χ4n) is 5.25. The fourth-order valence-corrected chi connectivity index (χ4v) is 5.72. The second kappa shape index (κ2) is 11.7. The molecule has 1 amide bonds. The van der Waals surface area contributed by atoms with Crippen molar-refractivity contribution in [3.8, 4) is 11.5 Å². The molecule has 1 aliphatic carbocycles. The smallest absolute Gasteiger partial charge is 0.251 e. The SMILES string of the molecule is COc1cc(C(=O)NCC2(N3CCCCC3)CCCCC2)ccc1OCc1ccc(Cl)cc1Cl. The lowest BCUT2D eigenvalue weighted by atomic mass is 9.79. The summed E-state index contributed by atoms with van der Waals surface area (Å²) in [6, 6.07) is 10.6. The van der Waals surface area contributed by atoms with Gasteiger partial charge < -0.3 is 14.8 Å². The molecule has 184 valence electrons. The second-order valence-corrected chi connectivity index (χ2v) is 10.2. The lowest BCUT2D eigenvalue weighted by molar-refractivity contribution is 0.0326. The second-order valence-electron chi connectivity index (χ2n) is 9.41. The number of rotatable bonds is 8. The molecule has 0 aromatic heterocycles. The summed E-state index contributed by atoms with van der Waals surface area (Å²) in [4.78, 5) is 15.7. The van der Waals surface area contributed by atoms with Crippen molar-refractivity contribution in [2.75, 3.05) is 26.7 Å². The Morgan fingerprint density at radius 2 is 1.71 bits per heavy atom. The molecule has 1 aliphatic heterocycles. The van der Waals surface area contributed by atoms with Gasteiger partial charge in [0, 0.05) is 33.3 Å². The van der Waals surface area contributed by atoms with Gasteiger partial charge >= 0.3 is 0 Å². The number of piperidine rings is 1. The van der Waals surface area contributed by atoms with Gasteiger partial charge in [0.2, 0.25) is 0 Å². The molecule has 2 aliphatic rings. The molecule has 0 radical (unpaired) electrons. The summed E-state index contributed by atoms with van der Waals surface area (Å²) in [5, 5.41) is 4.37. The average Bonchev–Trinajstić information content (AvgIpc) is 2.88. The van der Waals surface area contributed by atoms with E-state index in [9.17, 15) is 4.79 Å². The fraction of sp³-hybridized carbons (Fsp3) is 0.519. The molecule has 0 spiro atoms. The average molecular weight is 505 g/mol. The molecule has 0 unspecified atom stereocenters. The Bertz CT molecular complexity index is 986. The Balaban J connectivity index is 1.41. The van der Waals surface area contributed by atoms with E-state index < -0.39 is 0 Å². The highest BCUT2D eigenvalue weighted by molar-refractivity contribution is 6.35. The van der Waals surface area contributed by atoms with Crippen molar-refractivity contribution in [3.63, 3.8) is 0 Å². The van der Waals surface area contributed by atoms with Crippen LogP contribution in [0.3, 0.4) is 0 Å². The molecule has 2 fully saturated rings. The lowest BCUT2D eigenvalue weighted by Crippen LogP contribution is -2.58. The van der Waals surface area contributed by atoms with Gasteiger partial charge in [-0.15, -0.1) is 0 Å². The first-order valence-corrected chi connectivity index (χ1v) is 13.0. The van der Waals surface area contributed by atoms with Gasteiger partial charge in [0.15, 0.2) is 11.5 Å². The van der Waals surface area contributed by atoms with Crippen LogP contribution in [0.4, 0.5) is 0 Å². The Morgan fingerprint density at radius 3 is 2.41 bits per heavy atom. The van der Waals surface area contributed by atoms with Crippen LogP contribution in [0, 0.1) is 0 Å². The van der Waals surface area contributed by atoms with Crippen LogP contribution in [-0.4, -0.2) is 43.1 Å². The van der Waals surface area contributed by atoms with Crippen molar-refractivity contribution in [2.24, 2.45) is 0 Å². The maximum absolute atomic E-state index is 13.1. The molecule has 1 N–H and O–H groups in total. The number of benzene rings is 2. The molecule has 7 heteroatoms. The number of methoxy groups -OCH3 is 1. The normalized spacial score (nSPS) is 18.3. The first-order chi connectivity index (χ1) is 16.5. The number of carbonyl (C=O) groups excluding carboxylic acids is 1. The predicted molar refractivity (Wildman–Crippen MR) is 137 cm³/mol. The minimum Gasteiger partial charge on any atom is -0.493 e. The Labute approximate surface area is 212 Å². The summed E-state index contributed by atoms with van der Waals surface area (Å²) in [5.41, 5.74) is 1.49. The number of amides is 1. The van der Waals surface area contributed by atoms with E-state index in [0.717, 1.165) is 31.5 Å². The minimum atomic E-state index is -0.0763. The van der Waals surface area contributed by atoms with E-state index >= 15 is 0 Å². The van der Waals surface area contributed by atoms with E-state index in [-0.39, 0.29) is 18.1 Å². The molecule has 1 saturated carbocycles. The molecular weight excluding hydrogens is 471 g/mol. The highest BCUT2D eigenvalue weighted by Crippen LogP contribution is 2.35. The highest BCUT2D eigenvalue weighted by Gasteiger charge is 2.38. The molecule has 1 heterocycles. The van der Waals surface area contributed by atoms with E-state index in [1.807, 2.05) is 6.07 Å². The number of ether oxygens (including phenoxy) is 2. The number of carbonyl (C=O) groups is 1. The van der Waals surface area contributed by atoms with Gasteiger partial charge in [0.25, 0.3) is 5.91 Å². The Kier molecular flexibility index (Phi) is 8.62. The third kappa shape index (κ3) is 5.99. The van der Waals surface area contributed by atoms with Crippen molar-refractivity contribution in [3.05, 3.63) is 57.6 Å². The zero-order valence-corrected chi connectivity index (χ0v) is 21.4. The number of halogens is 2. The molecule has 2 aromatic rings. The van der Waals surface area contributed by atoms with Crippen LogP contribution < -0.4 is 14.8 Å². The Hall–Kier alpha value is -1.95. The van der Waals surface area contributed by atoms with Gasteiger partial charge in [-0.3, -0.25) is 9.69 Å². The van der Waals surface area contributed by atoms with Gasteiger partial charge in [0.05, 0.1) is 7.11 Å². The largest absolute Gasteiger partial charge is 0.493 e. The first kappa shape index (κ1) is 25.2. The van der Waals surface area contributed by atoms with Gasteiger partial charge in [-0.05, 0) is 69.1 Å². The standard InChI is InChI=1S/C27H34Cl2N2O3/c1-33-25-16-20(9-11-24(25)34-18-21-8-10-22(28)17-23(21)29)26(32)30-19-27(12-4-2-5-13-27)31-14-6-3-7-15-31/h8-11,16-17H,2-7,12-15,18-19H2,1H3,(H,30,32). The van der Waals surface area contributed by atoms with Gasteiger partial charge in [0.1, 0.15) is 6.61 Å². The summed E-state index contributed by atoms with van der Waals surface area (Å²) < 4.78 is 11.4. The van der Waals surface area contributed by atoms with Crippen LogP contribution in [0.15, 0.2) is 36.4 Å². The van der Waals surface area contributed by atoms with E-state index in [1.54, 1.807) is 37.4 Å². The molecule has 0 bridgehead atoms. The third-order valence-electron chi connectivity index (χ3n) is 7.21. The van der Waals surface area contributed by atoms with Crippen LogP contribution in [-0.2, 0) is 6.61 Å². The van der Waals surface area contributed by atoms with Gasteiger partial charge in [-0.1, -0.05) is 55.0 Å². The van der Waals surface area contributed by atoms with Crippen LogP contribution >= 0.6 is 23.2 Å². The number of nitrogens with zero attached hydrogens (tertiary/aromatic N) is 1. The quantitative estimate of drug-likeness (QED) is 0.445. The lowest BCUT2D eigenvalue weighted by Gasteiger charge is -2.48. The van der Waals surface area contributed by atoms with Crippen molar-refractivity contribution in [1.29, 1.82) is 0 Å². The van der Waals surface area contributed by atoms with Crippen molar-refractivity contribution in [2.45, 2.75) is 63.5 Å². The first-order valence-electron chi connectivity index (χ1n) is 12.3. The summed E-state index contributed by atoms with van der Waals surface area (Å²) in [6.07, 6.45) is 9.94. The Morgan fingerprint density at radius 1 is 0.971 bits per heavy atom. The molecular formula is C27H34Cl2N2O3. The van der Waals surface area contributed by atoms with Crippen molar-refractivity contribution < 1.29 is 14.3 Å². The van der Waals surface area contributed by atoms with Crippen molar-refractivity contribution >= 4 is 29.1 Å². The van der Waals surface area contributed by atoms with Gasteiger partial charge in [-0.2, -0.15) is 0 Å². The minimum absolute atomic E-state index is 0.0763. The number of hydrogen-bond donors (Lipinski definition) is 1. The maximum Gasteiger partial charge on any atom is 0.251 e. The summed E-state index contributed by atoms with van der Waals surface area (Å²) >= 11 is 12.2. The topological polar surface area (TPSA) is 50.8 Å². The monoisotopic (exact) mass is 504 g/mol. The van der Waals surface area contributed by atoms with Crippen LogP contribution in [0.5, 0.6) is 11.5 Å². The molecule has 0 atom stereocenters. The van der Waals surface area contributed by atoms with Crippen LogP contribution in [0.25, 0.3) is 0 Å². The van der Waals surface area contributed by atoms with E-state index in [0.29, 0.717) is 33.7 Å². The molecule has 5 nitrogen and oxygen atoms in total. The number of hydrogen-bond acceptors (Lipinski definition) is 4. The highest BCUT2D eigenvalue weighted by atomic mass is 35.5. The van der Waals surface area contributed by atoms with Crippen LogP contribution in [0.2, 0.25) is 10.0 Å². The maximum atomic E-state index is 13.1. The third-order valence-corrected chi connectivity index (χ3v) is 7.80. The molecule has 4 rings (SSSR count). The summed E-state index contributed by atoms with van der Waals surface area (Å²) in [7, 11) is 1.58. The molecule has 34 heavy (non-hydrogen) atoms. The summed E-state index contributed by atoms with van der Waals surface area (Å²) in [5.74, 6) is 0.996. The van der Waals surface area contributed by atoms with Crippen molar-refractivity contribution in [1.82, 2.24) is 10.2 Å². The molecule has 1 saturated heterocycles. The summed E-state index contributed by atoms with van der Waals surface area (Å²) in [6.45, 7) is 3.26. The van der Waals surface area contributed by atoms with E-state index in [1.165, 1.54) is 38.5 Å².